The first-order chi connectivity index (χ1) is 16.7. The molecular formula is C29H17ClN2OS. The maximum atomic E-state index is 6.54. The highest BCUT2D eigenvalue weighted by Gasteiger charge is 2.20. The lowest BCUT2D eigenvalue weighted by atomic mass is 9.97. The SMILES string of the molecule is Cc1c(-c2cccc3c2oc2ccccc23)nc(Cl)nc1-c1cccc2sc3ccccc3c12. The summed E-state index contributed by atoms with van der Waals surface area (Å²) in [5.41, 5.74) is 6.26. The molecule has 4 aromatic carbocycles. The number of hydrogen-bond donors (Lipinski definition) is 0. The summed E-state index contributed by atoms with van der Waals surface area (Å²) in [6.07, 6.45) is 0. The number of fused-ring (bicyclic) bond motifs is 6. The summed E-state index contributed by atoms with van der Waals surface area (Å²) in [5.74, 6) is 0. The van der Waals surface area contributed by atoms with Crippen molar-refractivity contribution in [2.75, 3.05) is 0 Å². The molecule has 34 heavy (non-hydrogen) atoms. The summed E-state index contributed by atoms with van der Waals surface area (Å²) in [4.78, 5) is 9.39. The molecule has 0 aliphatic carbocycles. The van der Waals surface area contributed by atoms with E-state index in [4.69, 9.17) is 21.0 Å². The molecule has 0 unspecified atom stereocenters. The van der Waals surface area contributed by atoms with Gasteiger partial charge in [-0.2, -0.15) is 0 Å². The molecular weight excluding hydrogens is 460 g/mol. The summed E-state index contributed by atoms with van der Waals surface area (Å²) in [6.45, 7) is 2.07. The summed E-state index contributed by atoms with van der Waals surface area (Å²) in [6, 6.07) is 29.1. The van der Waals surface area contributed by atoms with Gasteiger partial charge in [0.25, 0.3) is 0 Å². The summed E-state index contributed by atoms with van der Waals surface area (Å²) in [5, 5.41) is 4.81. The minimum Gasteiger partial charge on any atom is -0.455 e. The van der Waals surface area contributed by atoms with Crippen LogP contribution in [0.25, 0.3) is 64.6 Å². The van der Waals surface area contributed by atoms with E-state index in [1.54, 1.807) is 11.3 Å². The number of aromatic nitrogens is 2. The monoisotopic (exact) mass is 476 g/mol. The van der Waals surface area contributed by atoms with E-state index in [1.807, 2.05) is 30.3 Å². The first kappa shape index (κ1) is 19.7. The summed E-state index contributed by atoms with van der Waals surface area (Å²) in [7, 11) is 0. The largest absolute Gasteiger partial charge is 0.455 e. The number of hydrogen-bond acceptors (Lipinski definition) is 4. The number of rotatable bonds is 2. The Bertz CT molecular complexity index is 1900. The quantitative estimate of drug-likeness (QED) is 0.233. The number of nitrogens with zero attached hydrogens (tertiary/aromatic N) is 2. The molecule has 7 rings (SSSR count). The zero-order valence-electron chi connectivity index (χ0n) is 18.2. The second kappa shape index (κ2) is 7.39. The normalized spacial score (nSPS) is 11.8. The molecule has 5 heteroatoms. The second-order valence-electron chi connectivity index (χ2n) is 8.37. The van der Waals surface area contributed by atoms with Crippen LogP contribution in [-0.2, 0) is 0 Å². The average molecular weight is 477 g/mol. The van der Waals surface area contributed by atoms with Crippen LogP contribution in [0, 0.1) is 6.92 Å². The summed E-state index contributed by atoms with van der Waals surface area (Å²) >= 11 is 8.34. The van der Waals surface area contributed by atoms with Gasteiger partial charge in [0.05, 0.1) is 11.4 Å². The van der Waals surface area contributed by atoms with Gasteiger partial charge in [-0.15, -0.1) is 11.3 Å². The molecule has 3 nitrogen and oxygen atoms in total. The zero-order valence-corrected chi connectivity index (χ0v) is 19.7. The lowest BCUT2D eigenvalue weighted by Crippen LogP contribution is -1.98. The zero-order chi connectivity index (χ0) is 22.8. The molecule has 0 aliphatic rings. The van der Waals surface area contributed by atoms with Crippen LogP contribution in [0.1, 0.15) is 5.56 Å². The van der Waals surface area contributed by atoms with Crippen LogP contribution in [0.2, 0.25) is 5.28 Å². The molecule has 0 spiro atoms. The minimum absolute atomic E-state index is 0.222. The molecule has 3 heterocycles. The fourth-order valence-electron chi connectivity index (χ4n) is 4.92. The van der Waals surface area contributed by atoms with Gasteiger partial charge in [0, 0.05) is 47.6 Å². The average Bonchev–Trinajstić information content (AvgIpc) is 3.43. The third kappa shape index (κ3) is 2.82. The predicted octanol–water partition coefficient (Wildman–Crippen LogP) is 9.04. The molecule has 0 saturated heterocycles. The van der Waals surface area contributed by atoms with Crippen molar-refractivity contribution in [3.8, 4) is 22.5 Å². The Balaban J connectivity index is 1.54. The van der Waals surface area contributed by atoms with E-state index in [2.05, 4.69) is 66.5 Å². The molecule has 0 atom stereocenters. The standard InChI is InChI=1S/C29H17ClN2OS/c1-16-26(20-11-7-15-24-25(20)19-9-3-5-14-23(19)34-24)31-29(30)32-27(16)21-12-6-10-18-17-8-2-4-13-22(17)33-28(18)21/h2-15H,1H3. The first-order valence-corrected chi connectivity index (χ1v) is 12.2. The highest BCUT2D eigenvalue weighted by molar-refractivity contribution is 7.25. The van der Waals surface area contributed by atoms with Gasteiger partial charge in [-0.1, -0.05) is 60.7 Å². The molecule has 0 bridgehead atoms. The lowest BCUT2D eigenvalue weighted by Gasteiger charge is -2.12. The van der Waals surface area contributed by atoms with Crippen LogP contribution >= 0.6 is 22.9 Å². The van der Waals surface area contributed by atoms with Gasteiger partial charge in [0.2, 0.25) is 5.28 Å². The Labute approximate surface area is 204 Å². The Morgan fingerprint density at radius 2 is 1.32 bits per heavy atom. The van der Waals surface area contributed by atoms with E-state index < -0.39 is 0 Å². The van der Waals surface area contributed by atoms with Crippen LogP contribution in [-0.4, -0.2) is 9.97 Å². The van der Waals surface area contributed by atoms with Gasteiger partial charge < -0.3 is 4.42 Å². The molecule has 0 aliphatic heterocycles. The molecule has 3 aromatic heterocycles. The molecule has 0 radical (unpaired) electrons. The van der Waals surface area contributed by atoms with E-state index in [0.29, 0.717) is 0 Å². The third-order valence-electron chi connectivity index (χ3n) is 6.44. The van der Waals surface area contributed by atoms with Crippen molar-refractivity contribution in [1.82, 2.24) is 9.97 Å². The van der Waals surface area contributed by atoms with Crippen LogP contribution in [0.5, 0.6) is 0 Å². The maximum Gasteiger partial charge on any atom is 0.223 e. The Kier molecular flexibility index (Phi) is 4.28. The molecule has 7 aromatic rings. The fraction of sp³-hybridized carbons (Fsp3) is 0.0345. The van der Waals surface area contributed by atoms with Crippen LogP contribution in [0.4, 0.5) is 0 Å². The number of thiophene rings is 1. The first-order valence-electron chi connectivity index (χ1n) is 11.0. The lowest BCUT2D eigenvalue weighted by molar-refractivity contribution is 0.669. The number of para-hydroxylation sites is 2. The number of halogens is 1. The van der Waals surface area contributed by atoms with Gasteiger partial charge in [-0.05, 0) is 42.8 Å². The number of benzene rings is 4. The van der Waals surface area contributed by atoms with E-state index >= 15 is 0 Å². The fourth-order valence-corrected chi connectivity index (χ4v) is 6.22. The van der Waals surface area contributed by atoms with Crippen LogP contribution < -0.4 is 0 Å². The highest BCUT2D eigenvalue weighted by Crippen LogP contribution is 2.42. The molecule has 0 saturated carbocycles. The number of furan rings is 1. The van der Waals surface area contributed by atoms with Crippen molar-refractivity contribution in [1.29, 1.82) is 0 Å². The van der Waals surface area contributed by atoms with E-state index in [0.717, 1.165) is 50.0 Å². The van der Waals surface area contributed by atoms with Gasteiger partial charge in [0.1, 0.15) is 11.2 Å². The van der Waals surface area contributed by atoms with Gasteiger partial charge in [-0.3, -0.25) is 0 Å². The van der Waals surface area contributed by atoms with Gasteiger partial charge >= 0.3 is 0 Å². The van der Waals surface area contributed by atoms with E-state index in [-0.39, 0.29) is 5.28 Å². The van der Waals surface area contributed by atoms with Crippen molar-refractivity contribution in [2.45, 2.75) is 6.92 Å². The predicted molar refractivity (Wildman–Crippen MR) is 143 cm³/mol. The maximum absolute atomic E-state index is 6.54. The molecule has 162 valence electrons. The topological polar surface area (TPSA) is 38.9 Å². The van der Waals surface area contributed by atoms with Crippen molar-refractivity contribution in [2.24, 2.45) is 0 Å². The minimum atomic E-state index is 0.222. The van der Waals surface area contributed by atoms with Gasteiger partial charge in [-0.25, -0.2) is 9.97 Å². The van der Waals surface area contributed by atoms with E-state index in [1.165, 1.54) is 20.2 Å². The van der Waals surface area contributed by atoms with Gasteiger partial charge in [0.15, 0.2) is 0 Å². The molecule has 0 amide bonds. The van der Waals surface area contributed by atoms with Crippen molar-refractivity contribution in [3.63, 3.8) is 0 Å². The molecule has 0 N–H and O–H groups in total. The Hall–Kier alpha value is -3.73. The van der Waals surface area contributed by atoms with Crippen LogP contribution in [0.15, 0.2) is 89.3 Å². The van der Waals surface area contributed by atoms with Crippen molar-refractivity contribution in [3.05, 3.63) is 95.8 Å². The van der Waals surface area contributed by atoms with Crippen molar-refractivity contribution < 1.29 is 4.42 Å². The van der Waals surface area contributed by atoms with E-state index in [9.17, 15) is 0 Å². The Morgan fingerprint density at radius 1 is 0.676 bits per heavy atom. The molecule has 0 fully saturated rings. The smallest absolute Gasteiger partial charge is 0.223 e. The second-order valence-corrected chi connectivity index (χ2v) is 9.79. The van der Waals surface area contributed by atoms with Crippen LogP contribution in [0.3, 0.4) is 0 Å². The highest BCUT2D eigenvalue weighted by atomic mass is 35.5. The Morgan fingerprint density at radius 3 is 2.21 bits per heavy atom. The van der Waals surface area contributed by atoms with Crippen molar-refractivity contribution >= 4 is 65.0 Å². The summed E-state index contributed by atoms with van der Waals surface area (Å²) < 4.78 is 8.78. The third-order valence-corrected chi connectivity index (χ3v) is 7.74.